The van der Waals surface area contributed by atoms with Crippen LogP contribution in [-0.2, 0) is 0 Å². The number of nitrogens with one attached hydrogen (secondary N) is 1. The van der Waals surface area contributed by atoms with Gasteiger partial charge in [0.05, 0.1) is 6.61 Å². The molecule has 0 amide bonds. The third kappa shape index (κ3) is 5.28. The van der Waals surface area contributed by atoms with Crippen LogP contribution in [0.5, 0.6) is 5.75 Å². The Morgan fingerprint density at radius 3 is 2.28 bits per heavy atom. The van der Waals surface area contributed by atoms with E-state index in [1.807, 2.05) is 33.0 Å². The number of hydrogen-bond donors (Lipinski definition) is 1. The zero-order valence-electron chi connectivity index (χ0n) is 11.7. The van der Waals surface area contributed by atoms with Crippen molar-refractivity contribution in [3.05, 3.63) is 28.3 Å². The molecular formula is C15H24ClNO. The predicted molar refractivity (Wildman–Crippen MR) is 78.8 cm³/mol. The van der Waals surface area contributed by atoms with Crippen molar-refractivity contribution >= 4 is 11.6 Å². The van der Waals surface area contributed by atoms with E-state index in [9.17, 15) is 0 Å². The molecule has 0 unspecified atom stereocenters. The molecule has 0 aromatic heterocycles. The molecule has 0 aliphatic carbocycles. The number of aryl methyl sites for hydroxylation is 2. The number of halogens is 1. The van der Waals surface area contributed by atoms with Gasteiger partial charge in [-0.2, -0.15) is 0 Å². The van der Waals surface area contributed by atoms with E-state index in [0.717, 1.165) is 41.5 Å². The van der Waals surface area contributed by atoms with E-state index >= 15 is 0 Å². The normalized spacial score (nSPS) is 10.7. The highest BCUT2D eigenvalue weighted by molar-refractivity contribution is 6.32. The molecular weight excluding hydrogens is 246 g/mol. The van der Waals surface area contributed by atoms with Crippen molar-refractivity contribution in [2.75, 3.05) is 20.2 Å². The van der Waals surface area contributed by atoms with Crippen molar-refractivity contribution in [2.45, 2.75) is 39.5 Å². The summed E-state index contributed by atoms with van der Waals surface area (Å²) in [5, 5.41) is 4.00. The molecule has 1 rings (SSSR count). The van der Waals surface area contributed by atoms with Crippen LogP contribution in [0, 0.1) is 13.8 Å². The minimum absolute atomic E-state index is 0.792. The standard InChI is InChI=1S/C15H24ClNO/c1-12-10-14(11-13(2)15(12)16)18-9-7-5-4-6-8-17-3/h10-11,17H,4-9H2,1-3H3. The lowest BCUT2D eigenvalue weighted by Crippen LogP contribution is -2.07. The Labute approximate surface area is 116 Å². The van der Waals surface area contributed by atoms with Crippen LogP contribution in [-0.4, -0.2) is 20.2 Å². The van der Waals surface area contributed by atoms with Gasteiger partial charge in [-0.15, -0.1) is 0 Å². The van der Waals surface area contributed by atoms with Gasteiger partial charge in [-0.25, -0.2) is 0 Å². The first-order valence-corrected chi connectivity index (χ1v) is 7.07. The van der Waals surface area contributed by atoms with Crippen molar-refractivity contribution in [1.82, 2.24) is 5.32 Å². The summed E-state index contributed by atoms with van der Waals surface area (Å²) in [6, 6.07) is 4.02. The fourth-order valence-corrected chi connectivity index (χ4v) is 2.05. The summed E-state index contributed by atoms with van der Waals surface area (Å²) in [5.41, 5.74) is 2.17. The number of hydrogen-bond acceptors (Lipinski definition) is 2. The molecule has 0 bridgehead atoms. The second-order valence-corrected chi connectivity index (χ2v) is 5.12. The van der Waals surface area contributed by atoms with E-state index in [4.69, 9.17) is 16.3 Å². The lowest BCUT2D eigenvalue weighted by Gasteiger charge is -2.10. The summed E-state index contributed by atoms with van der Waals surface area (Å²) in [6.45, 7) is 5.93. The zero-order chi connectivity index (χ0) is 13.4. The van der Waals surface area contributed by atoms with Gasteiger partial charge in [-0.3, -0.25) is 0 Å². The van der Waals surface area contributed by atoms with Crippen LogP contribution in [0.4, 0.5) is 0 Å². The van der Waals surface area contributed by atoms with Gasteiger partial charge in [-0.1, -0.05) is 24.4 Å². The Kier molecular flexibility index (Phi) is 7.14. The van der Waals surface area contributed by atoms with E-state index in [1.54, 1.807) is 0 Å². The van der Waals surface area contributed by atoms with E-state index in [2.05, 4.69) is 5.32 Å². The Morgan fingerprint density at radius 2 is 1.67 bits per heavy atom. The molecule has 0 heterocycles. The van der Waals surface area contributed by atoms with Crippen LogP contribution in [0.1, 0.15) is 36.8 Å². The van der Waals surface area contributed by atoms with Crippen LogP contribution >= 0.6 is 11.6 Å². The SMILES string of the molecule is CNCCCCCCOc1cc(C)c(Cl)c(C)c1. The largest absolute Gasteiger partial charge is 0.494 e. The summed E-state index contributed by atoms with van der Waals surface area (Å²) in [4.78, 5) is 0. The van der Waals surface area contributed by atoms with E-state index in [0.29, 0.717) is 0 Å². The summed E-state index contributed by atoms with van der Waals surface area (Å²) in [6.07, 6.45) is 4.86. The summed E-state index contributed by atoms with van der Waals surface area (Å²) < 4.78 is 5.75. The quantitative estimate of drug-likeness (QED) is 0.717. The molecule has 102 valence electrons. The Balaban J connectivity index is 2.23. The van der Waals surface area contributed by atoms with Gasteiger partial charge in [0.2, 0.25) is 0 Å². The summed E-state index contributed by atoms with van der Waals surface area (Å²) in [5.74, 6) is 0.935. The molecule has 0 spiro atoms. The average molecular weight is 270 g/mol. The Hall–Kier alpha value is -0.730. The summed E-state index contributed by atoms with van der Waals surface area (Å²) >= 11 is 6.12. The van der Waals surface area contributed by atoms with Crippen molar-refractivity contribution in [2.24, 2.45) is 0 Å². The van der Waals surface area contributed by atoms with Crippen LogP contribution in [0.15, 0.2) is 12.1 Å². The van der Waals surface area contributed by atoms with Crippen molar-refractivity contribution in [1.29, 1.82) is 0 Å². The van der Waals surface area contributed by atoms with Crippen LogP contribution in [0.25, 0.3) is 0 Å². The molecule has 2 nitrogen and oxygen atoms in total. The fourth-order valence-electron chi connectivity index (χ4n) is 1.94. The molecule has 0 aliphatic rings. The molecule has 0 saturated carbocycles. The number of unbranched alkanes of at least 4 members (excludes halogenated alkanes) is 3. The van der Waals surface area contributed by atoms with Gasteiger partial charge in [-0.05, 0) is 63.5 Å². The maximum absolute atomic E-state index is 6.12. The highest BCUT2D eigenvalue weighted by atomic mass is 35.5. The average Bonchev–Trinajstić information content (AvgIpc) is 2.34. The van der Waals surface area contributed by atoms with Gasteiger partial charge in [0.15, 0.2) is 0 Å². The van der Waals surface area contributed by atoms with Crippen molar-refractivity contribution < 1.29 is 4.74 Å². The van der Waals surface area contributed by atoms with Gasteiger partial charge >= 0.3 is 0 Å². The minimum atomic E-state index is 0.792. The predicted octanol–water partition coefficient (Wildman–Crippen LogP) is 4.12. The first kappa shape index (κ1) is 15.3. The lowest BCUT2D eigenvalue weighted by molar-refractivity contribution is 0.304. The molecule has 1 aromatic carbocycles. The van der Waals surface area contributed by atoms with E-state index in [-0.39, 0.29) is 0 Å². The first-order valence-electron chi connectivity index (χ1n) is 6.69. The monoisotopic (exact) mass is 269 g/mol. The molecule has 0 fully saturated rings. The van der Waals surface area contributed by atoms with Crippen LogP contribution in [0.2, 0.25) is 5.02 Å². The third-order valence-corrected chi connectivity index (χ3v) is 3.60. The van der Waals surface area contributed by atoms with Gasteiger partial charge in [0.1, 0.15) is 5.75 Å². The zero-order valence-corrected chi connectivity index (χ0v) is 12.4. The molecule has 1 aromatic rings. The van der Waals surface area contributed by atoms with Gasteiger partial charge in [0.25, 0.3) is 0 Å². The molecule has 0 aliphatic heterocycles. The van der Waals surface area contributed by atoms with Crippen LogP contribution in [0.3, 0.4) is 0 Å². The Bertz CT molecular complexity index is 343. The van der Waals surface area contributed by atoms with Crippen molar-refractivity contribution in [3.8, 4) is 5.75 Å². The summed E-state index contributed by atoms with van der Waals surface area (Å²) in [7, 11) is 1.99. The van der Waals surface area contributed by atoms with E-state index < -0.39 is 0 Å². The second-order valence-electron chi connectivity index (χ2n) is 4.74. The highest BCUT2D eigenvalue weighted by Gasteiger charge is 2.03. The topological polar surface area (TPSA) is 21.3 Å². The highest BCUT2D eigenvalue weighted by Crippen LogP contribution is 2.25. The smallest absolute Gasteiger partial charge is 0.119 e. The van der Waals surface area contributed by atoms with Crippen molar-refractivity contribution in [3.63, 3.8) is 0 Å². The maximum Gasteiger partial charge on any atom is 0.119 e. The second kappa shape index (κ2) is 8.39. The molecule has 3 heteroatoms. The molecule has 0 radical (unpaired) electrons. The minimum Gasteiger partial charge on any atom is -0.494 e. The first-order chi connectivity index (χ1) is 8.65. The third-order valence-electron chi connectivity index (χ3n) is 3.00. The molecule has 18 heavy (non-hydrogen) atoms. The molecule has 1 N–H and O–H groups in total. The fraction of sp³-hybridized carbons (Fsp3) is 0.600. The number of benzene rings is 1. The molecule has 0 atom stereocenters. The van der Waals surface area contributed by atoms with E-state index in [1.165, 1.54) is 19.3 Å². The Morgan fingerprint density at radius 1 is 1.06 bits per heavy atom. The lowest BCUT2D eigenvalue weighted by atomic mass is 10.1. The number of rotatable bonds is 8. The van der Waals surface area contributed by atoms with Gasteiger partial charge in [0, 0.05) is 5.02 Å². The maximum atomic E-state index is 6.12. The molecule has 0 saturated heterocycles. The number of ether oxygens (including phenoxy) is 1. The van der Waals surface area contributed by atoms with Crippen LogP contribution < -0.4 is 10.1 Å². The van der Waals surface area contributed by atoms with Gasteiger partial charge < -0.3 is 10.1 Å².